The van der Waals surface area contributed by atoms with Gasteiger partial charge in [-0.2, -0.15) is 13.2 Å². The molecule has 0 unspecified atom stereocenters. The van der Waals surface area contributed by atoms with Crippen molar-refractivity contribution < 1.29 is 42.4 Å². The van der Waals surface area contributed by atoms with Gasteiger partial charge in [-0.1, -0.05) is 18.2 Å². The number of methoxy groups -OCH3 is 1. The first-order valence-electron chi connectivity index (χ1n) is 10.5. The molecule has 1 fully saturated rings. The minimum absolute atomic E-state index is 0.0222. The molecule has 0 saturated heterocycles. The smallest absolute Gasteiger partial charge is 0.416 e. The van der Waals surface area contributed by atoms with Crippen LogP contribution >= 0.6 is 0 Å². The molecule has 0 spiro atoms. The zero-order chi connectivity index (χ0) is 24.5. The van der Waals surface area contributed by atoms with Crippen LogP contribution in [0.25, 0.3) is 0 Å². The maximum absolute atomic E-state index is 12.7. The molecule has 0 aromatic heterocycles. The number of aliphatic hydroxyl groups is 2. The third kappa shape index (κ3) is 8.20. The van der Waals surface area contributed by atoms with E-state index in [1.54, 1.807) is 6.08 Å². The molecule has 0 radical (unpaired) electrons. The van der Waals surface area contributed by atoms with E-state index in [1.165, 1.54) is 18.2 Å². The molecule has 6 nitrogen and oxygen atoms in total. The lowest BCUT2D eigenvalue weighted by atomic mass is 9.91. The number of allylic oxidation sites excluding steroid dienone is 1. The van der Waals surface area contributed by atoms with Crippen LogP contribution < -0.4 is 4.74 Å². The van der Waals surface area contributed by atoms with Gasteiger partial charge in [-0.3, -0.25) is 4.79 Å². The molecule has 2 N–H and O–H groups in total. The predicted molar refractivity (Wildman–Crippen MR) is 113 cm³/mol. The molecule has 0 aliphatic heterocycles. The highest BCUT2D eigenvalue weighted by Gasteiger charge is 2.33. The van der Waals surface area contributed by atoms with E-state index in [1.807, 2.05) is 12.2 Å². The first-order valence-corrected chi connectivity index (χ1v) is 10.5. The van der Waals surface area contributed by atoms with E-state index in [0.29, 0.717) is 25.7 Å². The summed E-state index contributed by atoms with van der Waals surface area (Å²) in [6, 6.07) is 4.70. The van der Waals surface area contributed by atoms with E-state index in [9.17, 15) is 33.0 Å². The average molecular weight is 468 g/mol. The van der Waals surface area contributed by atoms with Crippen LogP contribution in [0, 0.1) is 11.8 Å². The summed E-state index contributed by atoms with van der Waals surface area (Å²) in [7, 11) is 1.04. The second kappa shape index (κ2) is 11.8. The normalized spacial score (nSPS) is 18.8. The third-order valence-electron chi connectivity index (χ3n) is 5.26. The number of ketones is 1. The number of halogens is 3. The molecular weight excluding hydrogens is 441 g/mol. The molecule has 1 aliphatic rings. The highest BCUT2D eigenvalue weighted by atomic mass is 19.4. The Bertz CT molecular complexity index is 913. The molecule has 1 aromatic carbocycles. The number of benzene rings is 1. The van der Waals surface area contributed by atoms with Gasteiger partial charge in [0.25, 0.3) is 5.79 Å². The van der Waals surface area contributed by atoms with Crippen LogP contribution in [0.15, 0.2) is 54.3 Å². The highest BCUT2D eigenvalue weighted by Crippen LogP contribution is 2.33. The number of hydrogen-bond acceptors (Lipinski definition) is 6. The van der Waals surface area contributed by atoms with E-state index in [4.69, 9.17) is 4.74 Å². The number of hydrogen-bond donors (Lipinski definition) is 2. The fourth-order valence-electron chi connectivity index (χ4n) is 3.48. The zero-order valence-electron chi connectivity index (χ0n) is 18.2. The summed E-state index contributed by atoms with van der Waals surface area (Å²) in [5, 5.41) is 19.0. The van der Waals surface area contributed by atoms with Crippen molar-refractivity contribution in [1.82, 2.24) is 0 Å². The summed E-state index contributed by atoms with van der Waals surface area (Å²) < 4.78 is 47.9. The summed E-state index contributed by atoms with van der Waals surface area (Å²) in [6.07, 6.45) is 3.89. The van der Waals surface area contributed by atoms with E-state index in [-0.39, 0.29) is 30.0 Å². The van der Waals surface area contributed by atoms with Crippen LogP contribution in [0.1, 0.15) is 37.7 Å². The van der Waals surface area contributed by atoms with Crippen LogP contribution in [0.5, 0.6) is 5.75 Å². The first-order chi connectivity index (χ1) is 15.5. The minimum atomic E-state index is -4.42. The van der Waals surface area contributed by atoms with E-state index in [0.717, 1.165) is 19.2 Å². The van der Waals surface area contributed by atoms with E-state index >= 15 is 0 Å². The first kappa shape index (κ1) is 26.4. The Labute approximate surface area is 190 Å². The number of esters is 1. The molecule has 2 rings (SSSR count). The van der Waals surface area contributed by atoms with Gasteiger partial charge < -0.3 is 19.7 Å². The highest BCUT2D eigenvalue weighted by molar-refractivity contribution is 5.83. The number of Topliss-reactive ketones (excluding diaryl/α,β-unsaturated/α-hetero) is 1. The maximum atomic E-state index is 12.7. The average Bonchev–Trinajstić information content (AvgIpc) is 3.11. The number of rotatable bonds is 10. The van der Waals surface area contributed by atoms with Crippen molar-refractivity contribution in [1.29, 1.82) is 0 Å². The topological polar surface area (TPSA) is 93.1 Å². The Balaban J connectivity index is 1.82. The summed E-state index contributed by atoms with van der Waals surface area (Å²) in [6.45, 7) is 0.204. The molecule has 0 amide bonds. The van der Waals surface area contributed by atoms with Gasteiger partial charge in [-0.25, -0.2) is 4.79 Å². The molecular formula is C24H27F3O6. The van der Waals surface area contributed by atoms with Crippen LogP contribution in [0.2, 0.25) is 0 Å². The van der Waals surface area contributed by atoms with Gasteiger partial charge in [-0.15, -0.1) is 5.73 Å². The summed E-state index contributed by atoms with van der Waals surface area (Å²) >= 11 is 0. The molecule has 1 saturated carbocycles. The van der Waals surface area contributed by atoms with Crippen molar-refractivity contribution >= 4 is 11.8 Å². The van der Waals surface area contributed by atoms with Crippen molar-refractivity contribution in [3.05, 3.63) is 59.9 Å². The van der Waals surface area contributed by atoms with Crippen LogP contribution in [0.3, 0.4) is 0 Å². The Morgan fingerprint density at radius 2 is 2.03 bits per heavy atom. The van der Waals surface area contributed by atoms with Gasteiger partial charge in [0.15, 0.2) is 0 Å². The number of carbonyl (C=O) groups excluding carboxylic acids is 2. The SMILES string of the molecule is COC(=O)C(O)(O)CC=C=CC[C@H]1C(=O)CC[C@@H]1/C=C/CCOc1cccc(C(F)(F)F)c1. The van der Waals surface area contributed by atoms with Gasteiger partial charge in [-0.05, 0) is 55.5 Å². The van der Waals surface area contributed by atoms with Crippen molar-refractivity contribution in [2.24, 2.45) is 11.8 Å². The third-order valence-corrected chi connectivity index (χ3v) is 5.26. The molecule has 33 heavy (non-hydrogen) atoms. The van der Waals surface area contributed by atoms with Crippen molar-refractivity contribution in [3.8, 4) is 5.75 Å². The van der Waals surface area contributed by atoms with Gasteiger partial charge in [0.05, 0.1) is 19.3 Å². The number of alkyl halides is 3. The fourth-order valence-corrected chi connectivity index (χ4v) is 3.48. The van der Waals surface area contributed by atoms with Crippen molar-refractivity contribution in [3.63, 3.8) is 0 Å². The Kier molecular flexibility index (Phi) is 9.46. The van der Waals surface area contributed by atoms with Crippen LogP contribution in [-0.2, 0) is 20.5 Å². The summed E-state index contributed by atoms with van der Waals surface area (Å²) in [4.78, 5) is 23.4. The fraction of sp³-hybridized carbons (Fsp3) is 0.458. The summed E-state index contributed by atoms with van der Waals surface area (Å²) in [5.41, 5.74) is 1.98. The second-order valence-electron chi connectivity index (χ2n) is 7.69. The lowest BCUT2D eigenvalue weighted by molar-refractivity contribution is -0.205. The van der Waals surface area contributed by atoms with Gasteiger partial charge in [0.2, 0.25) is 0 Å². The Morgan fingerprint density at radius 3 is 2.73 bits per heavy atom. The second-order valence-corrected chi connectivity index (χ2v) is 7.69. The molecule has 2 atom stereocenters. The predicted octanol–water partition coefficient (Wildman–Crippen LogP) is 3.97. The molecule has 0 heterocycles. The van der Waals surface area contributed by atoms with Gasteiger partial charge in [0.1, 0.15) is 11.5 Å². The van der Waals surface area contributed by atoms with Crippen LogP contribution in [-0.4, -0.2) is 41.5 Å². The Morgan fingerprint density at radius 1 is 1.27 bits per heavy atom. The Hall–Kier alpha value is -2.87. The summed E-state index contributed by atoms with van der Waals surface area (Å²) in [5.74, 6) is -3.75. The van der Waals surface area contributed by atoms with Crippen molar-refractivity contribution in [2.75, 3.05) is 13.7 Å². The van der Waals surface area contributed by atoms with E-state index in [2.05, 4.69) is 10.5 Å². The minimum Gasteiger partial charge on any atom is -0.493 e. The zero-order valence-corrected chi connectivity index (χ0v) is 18.2. The van der Waals surface area contributed by atoms with Crippen molar-refractivity contribution in [2.45, 2.75) is 44.1 Å². The monoisotopic (exact) mass is 468 g/mol. The largest absolute Gasteiger partial charge is 0.493 e. The number of ether oxygens (including phenoxy) is 2. The quantitative estimate of drug-likeness (QED) is 0.178. The van der Waals surface area contributed by atoms with Crippen LogP contribution in [0.4, 0.5) is 13.2 Å². The number of carbonyl (C=O) groups is 2. The molecule has 9 heteroatoms. The standard InChI is InChI=1S/C24H27F3O6/c1-32-22(29)23(30,31)14-5-2-3-11-20-17(12-13-21(20)28)8-4-6-15-33-19-10-7-9-18(16-19)24(25,26)27/h3-5,7-10,16-17,20,30-31H,6,11-15H2,1H3/b8-4+/t2?,17-,20+/m0/s1. The van der Waals surface area contributed by atoms with E-state index < -0.39 is 29.9 Å². The lowest BCUT2D eigenvalue weighted by Gasteiger charge is -2.15. The molecule has 1 aromatic rings. The van der Waals surface area contributed by atoms with Gasteiger partial charge >= 0.3 is 12.1 Å². The molecule has 180 valence electrons. The maximum Gasteiger partial charge on any atom is 0.416 e. The molecule has 1 aliphatic carbocycles. The van der Waals surface area contributed by atoms with Gasteiger partial charge in [0, 0.05) is 18.8 Å². The lowest BCUT2D eigenvalue weighted by Crippen LogP contribution is -2.38. The molecule has 0 bridgehead atoms.